The molecule has 1 heterocycles. The average molecular weight is 150 g/mol. The standard InChI is InChI=1S/C8H6OS/c9-7-4-6(5-7)8-2-1-3-10-8/h1-4H,5H2. The number of ketones is 1. The Morgan fingerprint density at radius 3 is 2.80 bits per heavy atom. The van der Waals surface area contributed by atoms with E-state index in [1.165, 1.54) is 10.5 Å². The summed E-state index contributed by atoms with van der Waals surface area (Å²) in [5.41, 5.74) is 1.19. The Hall–Kier alpha value is -0.890. The first-order valence-electron chi connectivity index (χ1n) is 3.13. The van der Waals surface area contributed by atoms with Gasteiger partial charge < -0.3 is 0 Å². The van der Waals surface area contributed by atoms with Crippen LogP contribution in [0.2, 0.25) is 0 Å². The van der Waals surface area contributed by atoms with Gasteiger partial charge in [0.2, 0.25) is 0 Å². The van der Waals surface area contributed by atoms with Crippen LogP contribution in [0.4, 0.5) is 0 Å². The van der Waals surface area contributed by atoms with Crippen molar-refractivity contribution in [3.63, 3.8) is 0 Å². The maximum Gasteiger partial charge on any atom is 0.160 e. The van der Waals surface area contributed by atoms with Crippen molar-refractivity contribution in [3.8, 4) is 0 Å². The molecule has 0 saturated heterocycles. The molecule has 1 aromatic rings. The quantitative estimate of drug-likeness (QED) is 0.599. The molecule has 1 aliphatic carbocycles. The summed E-state index contributed by atoms with van der Waals surface area (Å²) in [6, 6.07) is 4.05. The summed E-state index contributed by atoms with van der Waals surface area (Å²) in [6.07, 6.45) is 2.35. The molecule has 1 aliphatic rings. The molecular weight excluding hydrogens is 144 g/mol. The van der Waals surface area contributed by atoms with Crippen LogP contribution >= 0.6 is 11.3 Å². The van der Waals surface area contributed by atoms with Crippen LogP contribution in [0.15, 0.2) is 23.6 Å². The fourth-order valence-corrected chi connectivity index (χ4v) is 1.72. The van der Waals surface area contributed by atoms with Crippen LogP contribution in [0.25, 0.3) is 5.57 Å². The highest BCUT2D eigenvalue weighted by Crippen LogP contribution is 2.29. The maximum absolute atomic E-state index is 10.5. The predicted octanol–water partition coefficient (Wildman–Crippen LogP) is 2.10. The molecule has 0 bridgehead atoms. The molecule has 2 heteroatoms. The Morgan fingerprint density at radius 1 is 1.50 bits per heavy atom. The maximum atomic E-state index is 10.5. The Labute approximate surface area is 63.0 Å². The summed E-state index contributed by atoms with van der Waals surface area (Å²) in [4.78, 5) is 11.8. The Kier molecular flexibility index (Phi) is 1.21. The number of allylic oxidation sites excluding steroid dienone is 2. The lowest BCUT2D eigenvalue weighted by atomic mass is 9.96. The molecule has 0 radical (unpaired) electrons. The van der Waals surface area contributed by atoms with Gasteiger partial charge in [0.25, 0.3) is 0 Å². The largest absolute Gasteiger partial charge is 0.294 e. The van der Waals surface area contributed by atoms with Crippen LogP contribution in [-0.4, -0.2) is 5.78 Å². The SMILES string of the molecule is O=C1C=C(c2cccs2)C1. The van der Waals surface area contributed by atoms with E-state index in [1.54, 1.807) is 17.4 Å². The van der Waals surface area contributed by atoms with Crippen LogP contribution in [0.3, 0.4) is 0 Å². The second-order valence-electron chi connectivity index (χ2n) is 2.29. The van der Waals surface area contributed by atoms with Gasteiger partial charge in [-0.15, -0.1) is 11.3 Å². The van der Waals surface area contributed by atoms with Gasteiger partial charge in [-0.2, -0.15) is 0 Å². The van der Waals surface area contributed by atoms with Crippen molar-refractivity contribution >= 4 is 22.7 Å². The summed E-state index contributed by atoms with van der Waals surface area (Å²) in [7, 11) is 0. The van der Waals surface area contributed by atoms with Gasteiger partial charge in [0.15, 0.2) is 5.78 Å². The average Bonchev–Trinajstić information content (AvgIpc) is 2.31. The van der Waals surface area contributed by atoms with Gasteiger partial charge in [0, 0.05) is 11.3 Å². The molecule has 0 atom stereocenters. The zero-order valence-corrected chi connectivity index (χ0v) is 6.15. The van der Waals surface area contributed by atoms with Crippen molar-refractivity contribution in [1.82, 2.24) is 0 Å². The highest BCUT2D eigenvalue weighted by atomic mass is 32.1. The molecule has 0 spiro atoms. The normalized spacial score (nSPS) is 16.4. The van der Waals surface area contributed by atoms with E-state index in [1.807, 2.05) is 17.5 Å². The summed E-state index contributed by atoms with van der Waals surface area (Å²) in [5, 5.41) is 2.03. The van der Waals surface area contributed by atoms with Gasteiger partial charge in [-0.1, -0.05) is 6.07 Å². The van der Waals surface area contributed by atoms with Crippen molar-refractivity contribution in [2.45, 2.75) is 6.42 Å². The smallest absolute Gasteiger partial charge is 0.160 e. The minimum absolute atomic E-state index is 0.253. The lowest BCUT2D eigenvalue weighted by Crippen LogP contribution is -2.05. The number of thiophene rings is 1. The lowest BCUT2D eigenvalue weighted by molar-refractivity contribution is -0.114. The van der Waals surface area contributed by atoms with Crippen molar-refractivity contribution in [3.05, 3.63) is 28.5 Å². The van der Waals surface area contributed by atoms with Gasteiger partial charge in [-0.05, 0) is 23.1 Å². The number of carbonyl (C=O) groups excluding carboxylic acids is 1. The minimum atomic E-state index is 0.253. The third-order valence-electron chi connectivity index (χ3n) is 1.54. The first-order chi connectivity index (χ1) is 4.86. The van der Waals surface area contributed by atoms with Crippen molar-refractivity contribution in [2.75, 3.05) is 0 Å². The summed E-state index contributed by atoms with van der Waals surface area (Å²) in [6.45, 7) is 0. The van der Waals surface area contributed by atoms with Crippen molar-refractivity contribution < 1.29 is 4.79 Å². The van der Waals surface area contributed by atoms with Crippen LogP contribution in [0.1, 0.15) is 11.3 Å². The van der Waals surface area contributed by atoms with Gasteiger partial charge >= 0.3 is 0 Å². The lowest BCUT2D eigenvalue weighted by Gasteiger charge is -2.09. The minimum Gasteiger partial charge on any atom is -0.294 e. The van der Waals surface area contributed by atoms with Crippen LogP contribution in [0, 0.1) is 0 Å². The van der Waals surface area contributed by atoms with Gasteiger partial charge in [-0.25, -0.2) is 0 Å². The highest BCUT2D eigenvalue weighted by Gasteiger charge is 2.16. The molecule has 0 aliphatic heterocycles. The molecule has 0 saturated carbocycles. The first-order valence-corrected chi connectivity index (χ1v) is 4.01. The summed E-state index contributed by atoms with van der Waals surface area (Å²) in [5.74, 6) is 0.253. The molecule has 1 aromatic heterocycles. The molecule has 0 amide bonds. The van der Waals surface area contributed by atoms with Gasteiger partial charge in [0.1, 0.15) is 0 Å². The number of rotatable bonds is 1. The molecule has 50 valence electrons. The molecule has 2 rings (SSSR count). The molecule has 1 nitrogen and oxygen atoms in total. The van der Waals surface area contributed by atoms with Crippen molar-refractivity contribution in [2.24, 2.45) is 0 Å². The molecule has 0 fully saturated rings. The van der Waals surface area contributed by atoms with E-state index in [-0.39, 0.29) is 5.78 Å². The monoisotopic (exact) mass is 150 g/mol. The zero-order chi connectivity index (χ0) is 6.97. The van der Waals surface area contributed by atoms with Crippen LogP contribution < -0.4 is 0 Å². The Balaban J connectivity index is 2.32. The predicted molar refractivity (Wildman–Crippen MR) is 41.9 cm³/mol. The van der Waals surface area contributed by atoms with Crippen LogP contribution in [-0.2, 0) is 4.79 Å². The summed E-state index contributed by atoms with van der Waals surface area (Å²) < 4.78 is 0. The fourth-order valence-electron chi connectivity index (χ4n) is 0.973. The van der Waals surface area contributed by atoms with Gasteiger partial charge in [0.05, 0.1) is 0 Å². The summed E-state index contributed by atoms with van der Waals surface area (Å²) >= 11 is 1.69. The van der Waals surface area contributed by atoms with E-state index in [0.29, 0.717) is 6.42 Å². The topological polar surface area (TPSA) is 17.1 Å². The first kappa shape index (κ1) is 5.86. The fraction of sp³-hybridized carbons (Fsp3) is 0.125. The third-order valence-corrected chi connectivity index (χ3v) is 2.48. The van der Waals surface area contributed by atoms with E-state index in [0.717, 1.165) is 0 Å². The second-order valence-corrected chi connectivity index (χ2v) is 3.24. The van der Waals surface area contributed by atoms with E-state index in [2.05, 4.69) is 0 Å². The van der Waals surface area contributed by atoms with Crippen LogP contribution in [0.5, 0.6) is 0 Å². The van der Waals surface area contributed by atoms with E-state index < -0.39 is 0 Å². The highest BCUT2D eigenvalue weighted by molar-refractivity contribution is 7.11. The Morgan fingerprint density at radius 2 is 2.30 bits per heavy atom. The molecule has 0 unspecified atom stereocenters. The van der Waals surface area contributed by atoms with E-state index in [4.69, 9.17) is 0 Å². The number of carbonyl (C=O) groups is 1. The Bertz CT molecular complexity index is 282. The van der Waals surface area contributed by atoms with Crippen molar-refractivity contribution in [1.29, 1.82) is 0 Å². The van der Waals surface area contributed by atoms with E-state index >= 15 is 0 Å². The molecular formula is C8H6OS. The number of hydrogen-bond acceptors (Lipinski definition) is 2. The molecule has 0 N–H and O–H groups in total. The second kappa shape index (κ2) is 2.06. The number of hydrogen-bond donors (Lipinski definition) is 0. The molecule has 10 heavy (non-hydrogen) atoms. The molecule has 0 aromatic carbocycles. The van der Waals surface area contributed by atoms with E-state index in [9.17, 15) is 4.79 Å². The third kappa shape index (κ3) is 0.809. The zero-order valence-electron chi connectivity index (χ0n) is 5.33. The van der Waals surface area contributed by atoms with Gasteiger partial charge in [-0.3, -0.25) is 4.79 Å².